The number of rotatable bonds is 1. The molecule has 1 amide bonds. The molecular formula is C12H16BrClN2O2. The van der Waals surface area contributed by atoms with Gasteiger partial charge in [-0.1, -0.05) is 15.9 Å². The number of nitrogens with zero attached hydrogens (tertiary/aromatic N) is 1. The first kappa shape index (κ1) is 15.3. The first-order valence-electron chi connectivity index (χ1n) is 5.61. The molecule has 1 fully saturated rings. The molecule has 100 valence electrons. The average Bonchev–Trinajstić information content (AvgIpc) is 2.31. The van der Waals surface area contributed by atoms with E-state index in [-0.39, 0.29) is 30.1 Å². The van der Waals surface area contributed by atoms with Crippen LogP contribution in [0.3, 0.4) is 0 Å². The van der Waals surface area contributed by atoms with Crippen molar-refractivity contribution in [2.45, 2.75) is 18.9 Å². The Morgan fingerprint density at radius 1 is 1.50 bits per heavy atom. The molecule has 1 aliphatic heterocycles. The maximum Gasteiger partial charge on any atom is 0.257 e. The molecule has 1 aromatic rings. The molecule has 6 heteroatoms. The highest BCUT2D eigenvalue weighted by atomic mass is 79.9. The Morgan fingerprint density at radius 3 is 2.89 bits per heavy atom. The zero-order valence-corrected chi connectivity index (χ0v) is 12.2. The van der Waals surface area contributed by atoms with Gasteiger partial charge in [0.25, 0.3) is 5.91 Å². The highest BCUT2D eigenvalue weighted by molar-refractivity contribution is 9.10. The van der Waals surface area contributed by atoms with Gasteiger partial charge in [0.1, 0.15) is 5.75 Å². The lowest BCUT2D eigenvalue weighted by atomic mass is 10.1. The van der Waals surface area contributed by atoms with Gasteiger partial charge in [-0.2, -0.15) is 0 Å². The zero-order valence-electron chi connectivity index (χ0n) is 9.80. The number of halogens is 2. The summed E-state index contributed by atoms with van der Waals surface area (Å²) in [5.41, 5.74) is 6.17. The number of carbonyl (C=O) groups excluding carboxylic acids is 1. The summed E-state index contributed by atoms with van der Waals surface area (Å²) in [5.74, 6) is -0.142. The Bertz CT molecular complexity index is 442. The van der Waals surface area contributed by atoms with E-state index in [0.29, 0.717) is 18.7 Å². The summed E-state index contributed by atoms with van der Waals surface area (Å²) in [6.45, 7) is 1.27. The fraction of sp³-hybridized carbons (Fsp3) is 0.417. The molecular weight excluding hydrogens is 320 g/mol. The second-order valence-corrected chi connectivity index (χ2v) is 5.23. The van der Waals surface area contributed by atoms with Crippen LogP contribution in [0.25, 0.3) is 0 Å². The molecule has 0 saturated carbocycles. The summed E-state index contributed by atoms with van der Waals surface area (Å²) in [6, 6.07) is 4.90. The van der Waals surface area contributed by atoms with Crippen molar-refractivity contribution >= 4 is 34.2 Å². The summed E-state index contributed by atoms with van der Waals surface area (Å²) in [7, 11) is 0. The minimum atomic E-state index is -0.154. The Morgan fingerprint density at radius 2 is 2.22 bits per heavy atom. The number of piperidine rings is 1. The number of amides is 1. The molecule has 1 heterocycles. The lowest BCUT2D eigenvalue weighted by Crippen LogP contribution is -2.45. The van der Waals surface area contributed by atoms with Crippen molar-refractivity contribution < 1.29 is 9.90 Å². The van der Waals surface area contributed by atoms with Gasteiger partial charge in [0, 0.05) is 23.6 Å². The number of phenols is 1. The molecule has 0 aromatic heterocycles. The smallest absolute Gasteiger partial charge is 0.257 e. The fourth-order valence-electron chi connectivity index (χ4n) is 2.04. The van der Waals surface area contributed by atoms with Gasteiger partial charge < -0.3 is 15.7 Å². The van der Waals surface area contributed by atoms with Gasteiger partial charge in [0.2, 0.25) is 0 Å². The van der Waals surface area contributed by atoms with Gasteiger partial charge in [-0.05, 0) is 31.0 Å². The summed E-state index contributed by atoms with van der Waals surface area (Å²) in [5, 5.41) is 9.70. The molecule has 18 heavy (non-hydrogen) atoms. The molecule has 1 atom stereocenters. The van der Waals surface area contributed by atoms with E-state index in [9.17, 15) is 9.90 Å². The molecule has 1 aliphatic rings. The molecule has 1 unspecified atom stereocenters. The van der Waals surface area contributed by atoms with Crippen LogP contribution in [-0.4, -0.2) is 35.0 Å². The number of aromatic hydroxyl groups is 1. The highest BCUT2D eigenvalue weighted by Crippen LogP contribution is 2.24. The van der Waals surface area contributed by atoms with E-state index >= 15 is 0 Å². The van der Waals surface area contributed by atoms with E-state index in [2.05, 4.69) is 15.9 Å². The van der Waals surface area contributed by atoms with Crippen LogP contribution in [0.1, 0.15) is 23.2 Å². The number of likely N-dealkylation sites (tertiary alicyclic amines) is 1. The zero-order chi connectivity index (χ0) is 12.4. The maximum absolute atomic E-state index is 12.2. The number of phenolic OH excluding ortho intramolecular Hbond substituents is 1. The van der Waals surface area contributed by atoms with Crippen LogP contribution in [0.2, 0.25) is 0 Å². The maximum atomic E-state index is 12.2. The lowest BCUT2D eigenvalue weighted by Gasteiger charge is -2.31. The van der Waals surface area contributed by atoms with Crippen LogP contribution in [-0.2, 0) is 0 Å². The molecule has 1 saturated heterocycles. The third-order valence-electron chi connectivity index (χ3n) is 2.93. The van der Waals surface area contributed by atoms with E-state index in [1.165, 1.54) is 6.07 Å². The van der Waals surface area contributed by atoms with Crippen molar-refractivity contribution in [2.24, 2.45) is 5.73 Å². The van der Waals surface area contributed by atoms with E-state index in [0.717, 1.165) is 17.3 Å². The van der Waals surface area contributed by atoms with Gasteiger partial charge >= 0.3 is 0 Å². The molecule has 3 N–H and O–H groups in total. The minimum absolute atomic E-state index is 0. The second kappa shape index (κ2) is 6.41. The third kappa shape index (κ3) is 3.37. The van der Waals surface area contributed by atoms with Gasteiger partial charge in [-0.25, -0.2) is 0 Å². The summed E-state index contributed by atoms with van der Waals surface area (Å²) in [4.78, 5) is 13.9. The molecule has 2 rings (SSSR count). The van der Waals surface area contributed by atoms with Crippen molar-refractivity contribution in [3.05, 3.63) is 28.2 Å². The van der Waals surface area contributed by atoms with Crippen molar-refractivity contribution in [1.29, 1.82) is 0 Å². The van der Waals surface area contributed by atoms with E-state index < -0.39 is 0 Å². The number of nitrogens with two attached hydrogens (primary N) is 1. The molecule has 0 radical (unpaired) electrons. The van der Waals surface area contributed by atoms with Crippen molar-refractivity contribution in [3.63, 3.8) is 0 Å². The monoisotopic (exact) mass is 334 g/mol. The quantitative estimate of drug-likeness (QED) is 0.826. The minimum Gasteiger partial charge on any atom is -0.507 e. The lowest BCUT2D eigenvalue weighted by molar-refractivity contribution is 0.0705. The van der Waals surface area contributed by atoms with Crippen molar-refractivity contribution in [3.8, 4) is 5.75 Å². The number of hydrogen-bond acceptors (Lipinski definition) is 3. The summed E-state index contributed by atoms with van der Waals surface area (Å²) in [6.07, 6.45) is 1.87. The normalized spacial score (nSPS) is 19.2. The molecule has 0 aliphatic carbocycles. The van der Waals surface area contributed by atoms with Crippen LogP contribution >= 0.6 is 28.3 Å². The number of carbonyl (C=O) groups is 1. The van der Waals surface area contributed by atoms with Crippen molar-refractivity contribution in [1.82, 2.24) is 4.90 Å². The van der Waals surface area contributed by atoms with E-state index in [1.807, 2.05) is 0 Å². The van der Waals surface area contributed by atoms with Crippen LogP contribution in [0, 0.1) is 0 Å². The SMILES string of the molecule is Cl.NC1CCCN(C(=O)c2cc(Br)ccc2O)C1. The largest absolute Gasteiger partial charge is 0.507 e. The van der Waals surface area contributed by atoms with Crippen LogP contribution in [0.15, 0.2) is 22.7 Å². The Balaban J connectivity index is 0.00000162. The van der Waals surface area contributed by atoms with Gasteiger partial charge in [-0.15, -0.1) is 12.4 Å². The summed E-state index contributed by atoms with van der Waals surface area (Å²) >= 11 is 3.29. The first-order chi connectivity index (χ1) is 8.08. The topological polar surface area (TPSA) is 66.6 Å². The van der Waals surface area contributed by atoms with E-state index in [1.54, 1.807) is 17.0 Å². The Labute approximate surface area is 121 Å². The van der Waals surface area contributed by atoms with Crippen LogP contribution in [0.5, 0.6) is 5.75 Å². The molecule has 1 aromatic carbocycles. The predicted octanol–water partition coefficient (Wildman–Crippen LogP) is 2.14. The third-order valence-corrected chi connectivity index (χ3v) is 3.43. The summed E-state index contributed by atoms with van der Waals surface area (Å²) < 4.78 is 0.778. The van der Waals surface area contributed by atoms with E-state index in [4.69, 9.17) is 5.73 Å². The fourth-order valence-corrected chi connectivity index (χ4v) is 2.41. The Kier molecular flexibility index (Phi) is 5.44. The first-order valence-corrected chi connectivity index (χ1v) is 6.40. The van der Waals surface area contributed by atoms with Crippen LogP contribution in [0.4, 0.5) is 0 Å². The highest BCUT2D eigenvalue weighted by Gasteiger charge is 2.24. The molecule has 0 bridgehead atoms. The number of hydrogen-bond donors (Lipinski definition) is 2. The Hall–Kier alpha value is -0.780. The van der Waals surface area contributed by atoms with Gasteiger partial charge in [-0.3, -0.25) is 4.79 Å². The standard InChI is InChI=1S/C12H15BrN2O2.ClH/c13-8-3-4-11(16)10(6-8)12(17)15-5-1-2-9(14)7-15;/h3-4,6,9,16H,1-2,5,7,14H2;1H. The van der Waals surface area contributed by atoms with Gasteiger partial charge in [0.05, 0.1) is 5.56 Å². The average molecular weight is 336 g/mol. The predicted molar refractivity (Wildman–Crippen MR) is 76.2 cm³/mol. The van der Waals surface area contributed by atoms with Crippen molar-refractivity contribution in [2.75, 3.05) is 13.1 Å². The van der Waals surface area contributed by atoms with Gasteiger partial charge in [0.15, 0.2) is 0 Å². The van der Waals surface area contributed by atoms with Crippen LogP contribution < -0.4 is 5.73 Å². The second-order valence-electron chi connectivity index (χ2n) is 4.31. The molecule has 0 spiro atoms. The number of benzene rings is 1. The molecule has 4 nitrogen and oxygen atoms in total.